The number of aromatic nitrogens is 3. The van der Waals surface area contributed by atoms with Crippen LogP contribution in [0, 0.1) is 0 Å². The Bertz CT molecular complexity index is 580. The van der Waals surface area contributed by atoms with Crippen LogP contribution in [0.4, 0.5) is 5.69 Å². The van der Waals surface area contributed by atoms with Crippen LogP contribution in [0.1, 0.15) is 16.2 Å². The van der Waals surface area contributed by atoms with Crippen LogP contribution >= 0.6 is 15.9 Å². The van der Waals surface area contributed by atoms with Crippen LogP contribution in [0.25, 0.3) is 0 Å². The average molecular weight is 325 g/mol. The molecule has 0 aliphatic rings. The third-order valence-electron chi connectivity index (χ3n) is 2.54. The number of nitrogens with zero attached hydrogens (tertiary/aromatic N) is 3. The number of nitrogens with two attached hydrogens (primary N) is 1. The van der Waals surface area contributed by atoms with Gasteiger partial charge in [0.25, 0.3) is 0 Å². The summed E-state index contributed by atoms with van der Waals surface area (Å²) in [7, 11) is 1.60. The molecule has 19 heavy (non-hydrogen) atoms. The van der Waals surface area contributed by atoms with Gasteiger partial charge in [0.1, 0.15) is 11.4 Å². The van der Waals surface area contributed by atoms with Crippen molar-refractivity contribution in [1.82, 2.24) is 14.8 Å². The molecule has 0 atom stereocenters. The molecule has 0 aromatic carbocycles. The molecule has 0 aliphatic carbocycles. The van der Waals surface area contributed by atoms with Crippen molar-refractivity contribution in [1.29, 1.82) is 0 Å². The number of anilines is 1. The summed E-state index contributed by atoms with van der Waals surface area (Å²) in [5.41, 5.74) is 6.85. The van der Waals surface area contributed by atoms with E-state index in [-0.39, 0.29) is 5.78 Å². The van der Waals surface area contributed by atoms with Crippen molar-refractivity contribution in [3.05, 3.63) is 40.4 Å². The first-order valence-electron chi connectivity index (χ1n) is 5.60. The molecule has 0 radical (unpaired) electrons. The fraction of sp³-hybridized carbons (Fsp3) is 0.250. The summed E-state index contributed by atoms with van der Waals surface area (Å²) >= 11 is 3.32. The summed E-state index contributed by atoms with van der Waals surface area (Å²) in [6, 6.07) is 3.24. The minimum absolute atomic E-state index is 0.208. The van der Waals surface area contributed by atoms with Gasteiger partial charge in [-0.1, -0.05) is 0 Å². The summed E-state index contributed by atoms with van der Waals surface area (Å²) in [5.74, 6) is -0.208. The van der Waals surface area contributed by atoms with Crippen LogP contribution in [-0.4, -0.2) is 34.3 Å². The largest absolute Gasteiger partial charge is 0.397 e. The Kier molecular flexibility index (Phi) is 4.28. The molecular formula is C12H13BrN4O2. The Morgan fingerprint density at radius 1 is 1.47 bits per heavy atom. The first kappa shape index (κ1) is 13.7. The van der Waals surface area contributed by atoms with Crippen LogP contribution in [0.2, 0.25) is 0 Å². The lowest BCUT2D eigenvalue weighted by Crippen LogP contribution is -2.15. The van der Waals surface area contributed by atoms with Gasteiger partial charge >= 0.3 is 0 Å². The van der Waals surface area contributed by atoms with Gasteiger partial charge in [0, 0.05) is 7.11 Å². The molecule has 2 aromatic rings. The zero-order chi connectivity index (χ0) is 13.8. The fourth-order valence-electron chi connectivity index (χ4n) is 1.60. The molecule has 0 saturated carbocycles. The number of ketones is 1. The second kappa shape index (κ2) is 5.94. The van der Waals surface area contributed by atoms with Gasteiger partial charge in [-0.25, -0.2) is 0 Å². The summed E-state index contributed by atoms with van der Waals surface area (Å²) in [5, 5.41) is 4.13. The highest BCUT2D eigenvalue weighted by atomic mass is 79.9. The highest BCUT2D eigenvalue weighted by Gasteiger charge is 2.19. The van der Waals surface area contributed by atoms with Gasteiger partial charge in [0.2, 0.25) is 5.78 Å². The maximum absolute atomic E-state index is 12.4. The number of hydrogen-bond acceptors (Lipinski definition) is 5. The van der Waals surface area contributed by atoms with E-state index in [1.165, 1.54) is 6.20 Å². The molecule has 2 N–H and O–H groups in total. The zero-order valence-corrected chi connectivity index (χ0v) is 11.9. The van der Waals surface area contributed by atoms with Crippen molar-refractivity contribution in [2.75, 3.05) is 19.5 Å². The molecule has 2 rings (SSSR count). The van der Waals surface area contributed by atoms with Crippen molar-refractivity contribution in [3.63, 3.8) is 0 Å². The maximum atomic E-state index is 12.4. The summed E-state index contributed by atoms with van der Waals surface area (Å²) in [6.45, 7) is 0.974. The molecule has 0 aliphatic heterocycles. The van der Waals surface area contributed by atoms with Gasteiger partial charge in [-0.05, 0) is 28.1 Å². The van der Waals surface area contributed by atoms with E-state index in [0.717, 1.165) is 0 Å². The fourth-order valence-corrected chi connectivity index (χ4v) is 2.07. The molecule has 0 spiro atoms. The number of rotatable bonds is 5. The van der Waals surface area contributed by atoms with E-state index in [9.17, 15) is 4.79 Å². The van der Waals surface area contributed by atoms with Crippen LogP contribution in [-0.2, 0) is 11.3 Å². The summed E-state index contributed by atoms with van der Waals surface area (Å²) in [6.07, 6.45) is 3.04. The Balaban J connectivity index is 2.32. The van der Waals surface area contributed by atoms with Crippen LogP contribution in [0.3, 0.4) is 0 Å². The summed E-state index contributed by atoms with van der Waals surface area (Å²) < 4.78 is 7.21. The monoisotopic (exact) mass is 324 g/mol. The number of methoxy groups -OCH3 is 1. The molecule has 2 heterocycles. The van der Waals surface area contributed by atoms with Gasteiger partial charge in [-0.15, -0.1) is 0 Å². The number of hydrogen-bond donors (Lipinski definition) is 1. The summed E-state index contributed by atoms with van der Waals surface area (Å²) in [4.78, 5) is 16.4. The quantitative estimate of drug-likeness (QED) is 0.843. The predicted molar refractivity (Wildman–Crippen MR) is 73.9 cm³/mol. The molecule has 0 saturated heterocycles. The molecule has 0 fully saturated rings. The van der Waals surface area contributed by atoms with Gasteiger partial charge in [-0.3, -0.25) is 14.5 Å². The Morgan fingerprint density at radius 3 is 2.89 bits per heavy atom. The molecule has 2 aromatic heterocycles. The van der Waals surface area contributed by atoms with Crippen molar-refractivity contribution >= 4 is 27.4 Å². The number of halogens is 1. The molecule has 0 amide bonds. The first-order valence-corrected chi connectivity index (χ1v) is 6.39. The van der Waals surface area contributed by atoms with E-state index in [4.69, 9.17) is 10.5 Å². The van der Waals surface area contributed by atoms with Gasteiger partial charge in [0.15, 0.2) is 0 Å². The Morgan fingerprint density at radius 2 is 2.26 bits per heavy atom. The molecular weight excluding hydrogens is 312 g/mol. The molecule has 6 nitrogen and oxygen atoms in total. The third-order valence-corrected chi connectivity index (χ3v) is 3.12. The smallest absolute Gasteiger partial charge is 0.230 e. The normalized spacial score (nSPS) is 10.6. The highest BCUT2D eigenvalue weighted by molar-refractivity contribution is 9.10. The van der Waals surface area contributed by atoms with Crippen LogP contribution < -0.4 is 5.73 Å². The second-order valence-electron chi connectivity index (χ2n) is 3.86. The minimum Gasteiger partial charge on any atom is -0.397 e. The number of ether oxygens (including phenoxy) is 1. The van der Waals surface area contributed by atoms with Crippen LogP contribution in [0.5, 0.6) is 0 Å². The SMILES string of the molecule is COCCn1ncc(Br)c1C(=O)c1ccc(N)cn1. The van der Waals surface area contributed by atoms with E-state index in [0.29, 0.717) is 34.7 Å². The van der Waals surface area contributed by atoms with E-state index >= 15 is 0 Å². The predicted octanol–water partition coefficient (Wildman–Crippen LogP) is 1.50. The maximum Gasteiger partial charge on any atom is 0.230 e. The Hall–Kier alpha value is -1.73. The third kappa shape index (κ3) is 2.99. The lowest BCUT2D eigenvalue weighted by molar-refractivity contribution is 0.102. The van der Waals surface area contributed by atoms with Gasteiger partial charge in [-0.2, -0.15) is 5.10 Å². The minimum atomic E-state index is -0.208. The molecule has 0 bridgehead atoms. The van der Waals surface area contributed by atoms with Crippen molar-refractivity contribution < 1.29 is 9.53 Å². The molecule has 7 heteroatoms. The standard InChI is InChI=1S/C12H13BrN4O2/c1-19-5-4-17-11(9(13)7-16-17)12(18)10-3-2-8(14)6-15-10/h2-3,6-7H,4-5,14H2,1H3. The number of pyridine rings is 1. The van der Waals surface area contributed by atoms with E-state index < -0.39 is 0 Å². The van der Waals surface area contributed by atoms with Crippen LogP contribution in [0.15, 0.2) is 29.0 Å². The lowest BCUT2D eigenvalue weighted by atomic mass is 10.2. The Labute approximate surface area is 118 Å². The lowest BCUT2D eigenvalue weighted by Gasteiger charge is -2.06. The van der Waals surface area contributed by atoms with Crippen molar-refractivity contribution in [2.45, 2.75) is 6.54 Å². The molecule has 0 unspecified atom stereocenters. The zero-order valence-electron chi connectivity index (χ0n) is 10.3. The highest BCUT2D eigenvalue weighted by Crippen LogP contribution is 2.19. The number of carbonyl (C=O) groups excluding carboxylic acids is 1. The van der Waals surface area contributed by atoms with E-state index in [1.807, 2.05) is 0 Å². The van der Waals surface area contributed by atoms with Crippen molar-refractivity contribution in [3.8, 4) is 0 Å². The average Bonchev–Trinajstić information content (AvgIpc) is 2.77. The van der Waals surface area contributed by atoms with Crippen molar-refractivity contribution in [2.24, 2.45) is 0 Å². The first-order chi connectivity index (χ1) is 9.13. The number of carbonyl (C=O) groups is 1. The molecule has 100 valence electrons. The van der Waals surface area contributed by atoms with Gasteiger partial charge in [0.05, 0.1) is 35.7 Å². The van der Waals surface area contributed by atoms with E-state index in [2.05, 4.69) is 26.0 Å². The topological polar surface area (TPSA) is 83.0 Å². The second-order valence-corrected chi connectivity index (χ2v) is 4.72. The number of nitrogen functional groups attached to an aromatic ring is 1. The van der Waals surface area contributed by atoms with Gasteiger partial charge < -0.3 is 10.5 Å². The van der Waals surface area contributed by atoms with E-state index in [1.54, 1.807) is 30.1 Å².